The molecule has 0 spiro atoms. The first-order chi connectivity index (χ1) is 18.3. The van der Waals surface area contributed by atoms with E-state index >= 15 is 4.39 Å². The molecule has 3 heterocycles. The number of aliphatic carboxylic acids is 1. The Morgan fingerprint density at radius 2 is 1.95 bits per heavy atom. The average Bonchev–Trinajstić information content (AvgIpc) is 3.55. The van der Waals surface area contributed by atoms with E-state index in [0.29, 0.717) is 28.3 Å². The van der Waals surface area contributed by atoms with Crippen molar-refractivity contribution < 1.29 is 27.8 Å². The number of hydrogen-bond donors (Lipinski definition) is 1. The van der Waals surface area contributed by atoms with Crippen LogP contribution >= 0.6 is 0 Å². The summed E-state index contributed by atoms with van der Waals surface area (Å²) in [6, 6.07) is 7.90. The number of rotatable bonds is 7. The van der Waals surface area contributed by atoms with Gasteiger partial charge in [-0.15, -0.1) is 0 Å². The summed E-state index contributed by atoms with van der Waals surface area (Å²) in [7, 11) is 0. The normalized spacial score (nSPS) is 22.4. The van der Waals surface area contributed by atoms with Crippen LogP contribution in [0.2, 0.25) is 0 Å². The topological polar surface area (TPSA) is 89.6 Å². The lowest BCUT2D eigenvalue weighted by Crippen LogP contribution is -2.10. The smallest absolute Gasteiger partial charge is 0.387 e. The van der Waals surface area contributed by atoms with Gasteiger partial charge in [0.1, 0.15) is 23.0 Å². The number of benzene rings is 1. The van der Waals surface area contributed by atoms with Gasteiger partial charge in [0.15, 0.2) is 0 Å². The molecular formula is C28H25F3N4O3. The van der Waals surface area contributed by atoms with Crippen molar-refractivity contribution in [2.45, 2.75) is 45.1 Å². The number of aryl methyl sites for hydroxylation is 1. The first-order valence-electron chi connectivity index (χ1n) is 12.5. The van der Waals surface area contributed by atoms with Crippen LogP contribution in [-0.2, 0) is 11.2 Å². The molecule has 7 nitrogen and oxygen atoms in total. The summed E-state index contributed by atoms with van der Waals surface area (Å²) in [5.74, 6) is -0.157. The minimum atomic E-state index is -2.94. The highest BCUT2D eigenvalue weighted by atomic mass is 19.3. The Balaban J connectivity index is 1.28. The van der Waals surface area contributed by atoms with Crippen molar-refractivity contribution in [2.75, 3.05) is 0 Å². The van der Waals surface area contributed by atoms with Crippen molar-refractivity contribution in [1.82, 2.24) is 19.4 Å². The fraction of sp³-hybridized carbons (Fsp3) is 0.357. The molecule has 0 amide bonds. The number of aromatic nitrogens is 4. The van der Waals surface area contributed by atoms with Crippen LogP contribution in [0.15, 0.2) is 48.9 Å². The quantitative estimate of drug-likeness (QED) is 0.338. The molecule has 196 valence electrons. The zero-order chi connectivity index (χ0) is 26.6. The van der Waals surface area contributed by atoms with Gasteiger partial charge in [-0.3, -0.25) is 4.79 Å². The number of para-hydroxylation sites is 1. The van der Waals surface area contributed by atoms with Gasteiger partial charge in [0.2, 0.25) is 0 Å². The molecule has 2 aliphatic rings. The molecule has 10 heteroatoms. The molecule has 1 aromatic carbocycles. The number of carbonyl (C=O) groups is 1. The Morgan fingerprint density at radius 3 is 2.68 bits per heavy atom. The van der Waals surface area contributed by atoms with E-state index in [1.54, 1.807) is 48.1 Å². The van der Waals surface area contributed by atoms with E-state index in [-0.39, 0.29) is 41.4 Å². The molecule has 0 aliphatic heterocycles. The standard InChI is InChI=1S/C28H25F3N4O3/c1-14-22(9-15-4-2-3-5-23(15)38-28(30)31)35-13-20(21(29)10-24(35)34-14)17-11-32-26(33-12-17)16-6-7-18-19(8-16)25(18)27(36)37/h2-5,10-13,16,18-19,25,28H,6-9H2,1H3,(H,36,37). The van der Waals surface area contributed by atoms with Crippen LogP contribution in [0, 0.1) is 30.5 Å². The maximum absolute atomic E-state index is 15.1. The van der Waals surface area contributed by atoms with Crippen molar-refractivity contribution in [1.29, 1.82) is 0 Å². The van der Waals surface area contributed by atoms with Gasteiger partial charge in [0, 0.05) is 59.4 Å². The summed E-state index contributed by atoms with van der Waals surface area (Å²) in [5, 5.41) is 9.35. The number of alkyl halides is 2. The summed E-state index contributed by atoms with van der Waals surface area (Å²) >= 11 is 0. The second-order valence-corrected chi connectivity index (χ2v) is 10.1. The van der Waals surface area contributed by atoms with E-state index in [9.17, 15) is 18.7 Å². The molecule has 4 unspecified atom stereocenters. The third-order valence-corrected chi connectivity index (χ3v) is 7.93. The minimum absolute atomic E-state index is 0.0816. The van der Waals surface area contributed by atoms with Crippen LogP contribution in [0.4, 0.5) is 13.2 Å². The summed E-state index contributed by atoms with van der Waals surface area (Å²) in [6.07, 6.45) is 7.54. The molecular weight excluding hydrogens is 497 g/mol. The van der Waals surface area contributed by atoms with Gasteiger partial charge in [-0.1, -0.05) is 18.2 Å². The Labute approximate surface area is 216 Å². The van der Waals surface area contributed by atoms with E-state index in [0.717, 1.165) is 25.0 Å². The number of ether oxygens (including phenoxy) is 1. The van der Waals surface area contributed by atoms with Gasteiger partial charge in [-0.05, 0) is 44.1 Å². The molecule has 0 bridgehead atoms. The first kappa shape index (κ1) is 24.4. The van der Waals surface area contributed by atoms with Crippen molar-refractivity contribution >= 4 is 11.6 Å². The monoisotopic (exact) mass is 522 g/mol. The molecule has 0 radical (unpaired) electrons. The van der Waals surface area contributed by atoms with Gasteiger partial charge >= 0.3 is 12.6 Å². The van der Waals surface area contributed by atoms with Gasteiger partial charge in [-0.2, -0.15) is 8.78 Å². The molecule has 1 N–H and O–H groups in total. The lowest BCUT2D eigenvalue weighted by atomic mass is 9.88. The summed E-state index contributed by atoms with van der Waals surface area (Å²) < 4.78 is 47.4. The summed E-state index contributed by atoms with van der Waals surface area (Å²) in [5.41, 5.74) is 3.12. The van der Waals surface area contributed by atoms with Crippen molar-refractivity contribution in [3.63, 3.8) is 0 Å². The Morgan fingerprint density at radius 1 is 1.18 bits per heavy atom. The van der Waals surface area contributed by atoms with Crippen LogP contribution < -0.4 is 4.74 Å². The molecule has 2 aliphatic carbocycles. The minimum Gasteiger partial charge on any atom is -0.481 e. The van der Waals surface area contributed by atoms with Crippen molar-refractivity contribution in [3.05, 3.63) is 77.5 Å². The predicted octanol–water partition coefficient (Wildman–Crippen LogP) is 5.65. The van der Waals surface area contributed by atoms with E-state index < -0.39 is 18.4 Å². The number of carboxylic acid groups (broad SMARTS) is 1. The lowest BCUT2D eigenvalue weighted by Gasteiger charge is -2.19. The molecule has 2 saturated carbocycles. The highest BCUT2D eigenvalue weighted by molar-refractivity contribution is 5.74. The van der Waals surface area contributed by atoms with Gasteiger partial charge < -0.3 is 14.2 Å². The van der Waals surface area contributed by atoms with Crippen LogP contribution in [0.3, 0.4) is 0 Å². The maximum atomic E-state index is 15.1. The number of imidazole rings is 1. The Hall–Kier alpha value is -3.95. The zero-order valence-corrected chi connectivity index (χ0v) is 20.5. The number of nitrogens with zero attached hydrogens (tertiary/aromatic N) is 4. The van der Waals surface area contributed by atoms with E-state index in [1.807, 2.05) is 0 Å². The highest BCUT2D eigenvalue weighted by Gasteiger charge is 2.57. The van der Waals surface area contributed by atoms with Crippen molar-refractivity contribution in [3.8, 4) is 16.9 Å². The SMILES string of the molecule is Cc1nc2cc(F)c(-c3cnc(C4CCC5C(C4)C5C(=O)O)nc3)cn2c1Cc1ccccc1OC(F)F. The largest absolute Gasteiger partial charge is 0.481 e. The molecule has 3 aromatic heterocycles. The molecule has 2 fully saturated rings. The Bertz CT molecular complexity index is 1520. The lowest BCUT2D eigenvalue weighted by molar-refractivity contribution is -0.139. The summed E-state index contributed by atoms with van der Waals surface area (Å²) in [4.78, 5) is 24.9. The number of hydrogen-bond acceptors (Lipinski definition) is 5. The fourth-order valence-electron chi connectivity index (χ4n) is 5.99. The number of pyridine rings is 1. The van der Waals surface area contributed by atoms with Crippen molar-refractivity contribution in [2.24, 2.45) is 17.8 Å². The van der Waals surface area contributed by atoms with Gasteiger partial charge in [-0.25, -0.2) is 19.3 Å². The molecule has 6 rings (SSSR count). The van der Waals surface area contributed by atoms with E-state index in [4.69, 9.17) is 0 Å². The maximum Gasteiger partial charge on any atom is 0.387 e. The number of halogens is 3. The average molecular weight is 523 g/mol. The highest BCUT2D eigenvalue weighted by Crippen LogP contribution is 2.58. The fourth-order valence-corrected chi connectivity index (χ4v) is 5.99. The van der Waals surface area contributed by atoms with Crippen LogP contribution in [0.1, 0.15) is 48.0 Å². The van der Waals surface area contributed by atoms with Crippen LogP contribution in [-0.4, -0.2) is 37.0 Å². The van der Waals surface area contributed by atoms with E-state index in [2.05, 4.69) is 19.7 Å². The van der Waals surface area contributed by atoms with Gasteiger partial charge in [0.05, 0.1) is 11.6 Å². The molecule has 4 atom stereocenters. The third kappa shape index (κ3) is 4.37. The second-order valence-electron chi connectivity index (χ2n) is 10.1. The summed E-state index contributed by atoms with van der Waals surface area (Å²) in [6.45, 7) is -1.15. The van der Waals surface area contributed by atoms with Crippen LogP contribution in [0.5, 0.6) is 5.75 Å². The molecule has 4 aromatic rings. The molecule has 0 saturated heterocycles. The third-order valence-electron chi connectivity index (χ3n) is 7.93. The second kappa shape index (κ2) is 9.41. The first-order valence-corrected chi connectivity index (χ1v) is 12.5. The number of carboxylic acids is 1. The predicted molar refractivity (Wildman–Crippen MR) is 131 cm³/mol. The van der Waals surface area contributed by atoms with E-state index in [1.165, 1.54) is 12.1 Å². The van der Waals surface area contributed by atoms with Crippen LogP contribution in [0.25, 0.3) is 16.8 Å². The number of fused-ring (bicyclic) bond motifs is 2. The zero-order valence-electron chi connectivity index (χ0n) is 20.5. The Kier molecular flexibility index (Phi) is 6.04. The van der Waals surface area contributed by atoms with Gasteiger partial charge in [0.25, 0.3) is 0 Å². The molecule has 38 heavy (non-hydrogen) atoms.